The first-order valence-corrected chi connectivity index (χ1v) is 6.60. The van der Waals surface area contributed by atoms with Crippen LogP contribution in [0.1, 0.15) is 31.2 Å². The van der Waals surface area contributed by atoms with E-state index in [-0.39, 0.29) is 7.33 Å². The molecule has 0 saturated carbocycles. The Bertz CT molecular complexity index is 535. The van der Waals surface area contributed by atoms with Crippen molar-refractivity contribution in [1.82, 2.24) is 0 Å². The largest absolute Gasteiger partial charge is 0.322 e. The molecule has 0 aliphatic carbocycles. The summed E-state index contributed by atoms with van der Waals surface area (Å²) in [7, 11) is 0. The minimum absolute atomic E-state index is 0. The number of anilines is 1. The van der Waals surface area contributed by atoms with E-state index in [2.05, 4.69) is 19.2 Å². The Labute approximate surface area is 116 Å². The first-order valence-electron chi connectivity index (χ1n) is 6.60. The topological polar surface area (TPSA) is 29.1 Å². The van der Waals surface area contributed by atoms with Crippen LogP contribution in [0.25, 0.3) is 0 Å². The fourth-order valence-corrected chi connectivity index (χ4v) is 1.99. The van der Waals surface area contributed by atoms with Gasteiger partial charge in [0.1, 0.15) is 0 Å². The molecule has 100 valence electrons. The lowest BCUT2D eigenvalue weighted by Gasteiger charge is -2.07. The molecule has 0 radical (unpaired) electrons. The standard InChI is InChI=1S/C17H19NO.H2/c1-13(2)12-14-8-10-15(11-9-14)17(19)18-16-6-4-3-5-7-16;/h3-11,13H,12H2,1-2H3,(H,18,19);1H. The molecule has 0 atom stereocenters. The van der Waals surface area contributed by atoms with Gasteiger partial charge in [0, 0.05) is 12.7 Å². The molecule has 0 fully saturated rings. The molecule has 19 heavy (non-hydrogen) atoms. The number of para-hydroxylation sites is 1. The molecule has 2 nitrogen and oxygen atoms in total. The van der Waals surface area contributed by atoms with Gasteiger partial charge in [-0.25, -0.2) is 0 Å². The first kappa shape index (κ1) is 13.3. The van der Waals surface area contributed by atoms with E-state index in [0.29, 0.717) is 11.5 Å². The summed E-state index contributed by atoms with van der Waals surface area (Å²) in [5, 5.41) is 2.88. The van der Waals surface area contributed by atoms with Crippen molar-refractivity contribution in [2.24, 2.45) is 5.92 Å². The number of carbonyl (C=O) groups excluding carboxylic acids is 1. The molecule has 0 aromatic heterocycles. The Hall–Kier alpha value is -2.09. The lowest BCUT2D eigenvalue weighted by molar-refractivity contribution is 0.102. The van der Waals surface area contributed by atoms with Gasteiger partial charge in [-0.3, -0.25) is 4.79 Å². The molecule has 0 heterocycles. The van der Waals surface area contributed by atoms with Gasteiger partial charge >= 0.3 is 0 Å². The molecule has 0 saturated heterocycles. The average Bonchev–Trinajstić information content (AvgIpc) is 2.40. The monoisotopic (exact) mass is 255 g/mol. The Morgan fingerprint density at radius 2 is 1.68 bits per heavy atom. The summed E-state index contributed by atoms with van der Waals surface area (Å²) in [5.41, 5.74) is 2.78. The molecule has 2 rings (SSSR count). The minimum atomic E-state index is -0.0673. The quantitative estimate of drug-likeness (QED) is 0.862. The number of benzene rings is 2. The summed E-state index contributed by atoms with van der Waals surface area (Å²) in [6.07, 6.45) is 1.04. The summed E-state index contributed by atoms with van der Waals surface area (Å²) < 4.78 is 0. The SMILES string of the molecule is CC(C)Cc1ccc(C(=O)Nc2ccccc2)cc1.[HH]. The Balaban J connectivity index is 0.00000200. The lowest BCUT2D eigenvalue weighted by atomic mass is 10.0. The second-order valence-corrected chi connectivity index (χ2v) is 5.12. The third-order valence-electron chi connectivity index (χ3n) is 2.89. The van der Waals surface area contributed by atoms with Crippen molar-refractivity contribution in [3.8, 4) is 0 Å². The van der Waals surface area contributed by atoms with Crippen molar-refractivity contribution >= 4 is 11.6 Å². The van der Waals surface area contributed by atoms with Crippen molar-refractivity contribution < 1.29 is 6.22 Å². The maximum Gasteiger partial charge on any atom is 0.255 e. The zero-order valence-corrected chi connectivity index (χ0v) is 11.4. The molecule has 2 heteroatoms. The van der Waals surface area contributed by atoms with Gasteiger partial charge in [0.25, 0.3) is 5.91 Å². The van der Waals surface area contributed by atoms with Crippen molar-refractivity contribution in [3.63, 3.8) is 0 Å². The zero-order valence-electron chi connectivity index (χ0n) is 11.4. The van der Waals surface area contributed by atoms with Crippen molar-refractivity contribution in [1.29, 1.82) is 0 Å². The van der Waals surface area contributed by atoms with Crippen LogP contribution in [0.2, 0.25) is 0 Å². The molecular weight excluding hydrogens is 234 g/mol. The lowest BCUT2D eigenvalue weighted by Crippen LogP contribution is -2.11. The van der Waals surface area contributed by atoms with E-state index in [0.717, 1.165) is 12.1 Å². The highest BCUT2D eigenvalue weighted by atomic mass is 16.1. The molecule has 0 bridgehead atoms. The van der Waals surface area contributed by atoms with Gasteiger partial charge in [-0.05, 0) is 42.2 Å². The number of amides is 1. The van der Waals surface area contributed by atoms with E-state index in [1.165, 1.54) is 5.56 Å². The summed E-state index contributed by atoms with van der Waals surface area (Å²) in [5.74, 6) is 0.561. The van der Waals surface area contributed by atoms with E-state index < -0.39 is 0 Å². The molecule has 1 amide bonds. The van der Waals surface area contributed by atoms with Crippen LogP contribution in [0.15, 0.2) is 54.6 Å². The second-order valence-electron chi connectivity index (χ2n) is 5.12. The van der Waals surface area contributed by atoms with Crippen LogP contribution in [-0.4, -0.2) is 5.91 Å². The Morgan fingerprint density at radius 1 is 1.05 bits per heavy atom. The van der Waals surface area contributed by atoms with Crippen LogP contribution in [-0.2, 0) is 6.42 Å². The maximum atomic E-state index is 12.0. The van der Waals surface area contributed by atoms with Crippen LogP contribution >= 0.6 is 0 Å². The summed E-state index contributed by atoms with van der Waals surface area (Å²) in [4.78, 5) is 12.0. The first-order chi connectivity index (χ1) is 9.15. The fourth-order valence-electron chi connectivity index (χ4n) is 1.99. The predicted octanol–water partition coefficient (Wildman–Crippen LogP) is 4.38. The highest BCUT2D eigenvalue weighted by Crippen LogP contribution is 2.12. The number of nitrogens with one attached hydrogen (secondary N) is 1. The molecule has 2 aromatic carbocycles. The highest BCUT2D eigenvalue weighted by Gasteiger charge is 2.06. The molecule has 1 N–H and O–H groups in total. The molecule has 0 unspecified atom stereocenters. The summed E-state index contributed by atoms with van der Waals surface area (Å²) >= 11 is 0. The molecule has 0 aliphatic heterocycles. The van der Waals surface area contributed by atoms with E-state index in [9.17, 15) is 4.79 Å². The van der Waals surface area contributed by atoms with Gasteiger partial charge in [-0.15, -0.1) is 0 Å². The van der Waals surface area contributed by atoms with Gasteiger partial charge in [-0.2, -0.15) is 0 Å². The summed E-state index contributed by atoms with van der Waals surface area (Å²) in [6.45, 7) is 4.38. The van der Waals surface area contributed by atoms with E-state index in [4.69, 9.17) is 0 Å². The van der Waals surface area contributed by atoms with Crippen molar-refractivity contribution in [3.05, 3.63) is 65.7 Å². The van der Waals surface area contributed by atoms with E-state index >= 15 is 0 Å². The molecule has 0 spiro atoms. The fraction of sp³-hybridized carbons (Fsp3) is 0.235. The normalized spacial score (nSPS) is 10.5. The number of hydrogen-bond acceptors (Lipinski definition) is 1. The molecular formula is C17H21NO. The van der Waals surface area contributed by atoms with E-state index in [1.807, 2.05) is 54.6 Å². The third-order valence-corrected chi connectivity index (χ3v) is 2.89. The highest BCUT2D eigenvalue weighted by molar-refractivity contribution is 6.04. The Morgan fingerprint density at radius 3 is 2.26 bits per heavy atom. The minimum Gasteiger partial charge on any atom is -0.322 e. The molecule has 0 aliphatic rings. The number of rotatable bonds is 4. The van der Waals surface area contributed by atoms with Crippen LogP contribution < -0.4 is 5.32 Å². The van der Waals surface area contributed by atoms with Gasteiger partial charge in [0.05, 0.1) is 0 Å². The molecule has 2 aromatic rings. The summed E-state index contributed by atoms with van der Waals surface area (Å²) in [6, 6.07) is 17.3. The zero-order chi connectivity index (χ0) is 13.7. The van der Waals surface area contributed by atoms with Crippen molar-refractivity contribution in [2.75, 3.05) is 5.32 Å². The van der Waals surface area contributed by atoms with Gasteiger partial charge in [0.2, 0.25) is 0 Å². The number of hydrogen-bond donors (Lipinski definition) is 1. The average molecular weight is 255 g/mol. The van der Waals surface area contributed by atoms with Gasteiger partial charge in [-0.1, -0.05) is 44.2 Å². The predicted molar refractivity (Wildman–Crippen MR) is 81.5 cm³/mol. The smallest absolute Gasteiger partial charge is 0.255 e. The van der Waals surface area contributed by atoms with Gasteiger partial charge < -0.3 is 5.32 Å². The van der Waals surface area contributed by atoms with Gasteiger partial charge in [0.15, 0.2) is 0 Å². The Kier molecular flexibility index (Phi) is 4.35. The second kappa shape index (κ2) is 6.19. The van der Waals surface area contributed by atoms with Crippen LogP contribution in [0, 0.1) is 5.92 Å². The van der Waals surface area contributed by atoms with Crippen molar-refractivity contribution in [2.45, 2.75) is 20.3 Å². The maximum absolute atomic E-state index is 12.0. The van der Waals surface area contributed by atoms with Crippen LogP contribution in [0.5, 0.6) is 0 Å². The number of carbonyl (C=O) groups is 1. The van der Waals surface area contributed by atoms with Crippen LogP contribution in [0.4, 0.5) is 5.69 Å². The van der Waals surface area contributed by atoms with Crippen LogP contribution in [0.3, 0.4) is 0 Å². The third kappa shape index (κ3) is 3.95. The van der Waals surface area contributed by atoms with E-state index in [1.54, 1.807) is 0 Å².